The number of hydrogen-bond donors (Lipinski definition) is 1. The van der Waals surface area contributed by atoms with E-state index in [2.05, 4.69) is 20.4 Å². The molecule has 2 aromatic rings. The number of carbonyl (C=O) groups excluding carboxylic acids is 2. The summed E-state index contributed by atoms with van der Waals surface area (Å²) in [6.45, 7) is 10.2. The minimum atomic E-state index is -1.85. The van der Waals surface area contributed by atoms with Crippen molar-refractivity contribution in [2.24, 2.45) is 0 Å². The van der Waals surface area contributed by atoms with Gasteiger partial charge in [-0.2, -0.15) is 0 Å². The molecule has 1 aliphatic rings. The molecular weight excluding hydrogens is 338 g/mol. The lowest BCUT2D eigenvalue weighted by atomic mass is 9.87. The molecule has 0 saturated carbocycles. The van der Waals surface area contributed by atoms with Gasteiger partial charge in [0.1, 0.15) is 0 Å². The van der Waals surface area contributed by atoms with Crippen molar-refractivity contribution >= 4 is 17.4 Å². The van der Waals surface area contributed by atoms with Crippen LogP contribution < -0.4 is 4.90 Å². The molecule has 140 valence electrons. The Balaban J connectivity index is 1.92. The lowest BCUT2D eigenvalue weighted by Crippen LogP contribution is -2.42. The van der Waals surface area contributed by atoms with Crippen molar-refractivity contribution < 1.29 is 14.7 Å². The highest BCUT2D eigenvalue weighted by Crippen LogP contribution is 2.43. The molecule has 2 aromatic carbocycles. The fraction of sp³-hybridized carbons (Fsp3) is 0.304. The third-order valence-corrected chi connectivity index (χ3v) is 4.98. The number of Topliss-reactive ketones (excluding diaryl/α,β-unsaturated/α-hetero) is 1. The second-order valence-corrected chi connectivity index (χ2v) is 7.60. The number of nitrogens with zero attached hydrogens (tertiary/aromatic N) is 1. The Hall–Kier alpha value is -2.72. The molecular formula is C23H25NO3. The van der Waals surface area contributed by atoms with E-state index in [1.54, 1.807) is 30.3 Å². The Morgan fingerprint density at radius 1 is 1.15 bits per heavy atom. The van der Waals surface area contributed by atoms with Crippen LogP contribution in [0.5, 0.6) is 0 Å². The minimum Gasteiger partial charge on any atom is -0.375 e. The summed E-state index contributed by atoms with van der Waals surface area (Å²) < 4.78 is 0. The van der Waals surface area contributed by atoms with Crippen LogP contribution in [-0.2, 0) is 10.4 Å². The van der Waals surface area contributed by atoms with Crippen LogP contribution in [0.2, 0.25) is 0 Å². The van der Waals surface area contributed by atoms with E-state index in [1.165, 1.54) is 4.90 Å². The fourth-order valence-electron chi connectivity index (χ4n) is 3.49. The van der Waals surface area contributed by atoms with Gasteiger partial charge in [-0.15, -0.1) is 0 Å². The van der Waals surface area contributed by atoms with Crippen molar-refractivity contribution in [3.63, 3.8) is 0 Å². The zero-order valence-electron chi connectivity index (χ0n) is 16.0. The van der Waals surface area contributed by atoms with Crippen LogP contribution in [0.4, 0.5) is 5.69 Å². The van der Waals surface area contributed by atoms with Crippen molar-refractivity contribution in [3.05, 3.63) is 77.4 Å². The fourth-order valence-corrected chi connectivity index (χ4v) is 3.49. The molecule has 27 heavy (non-hydrogen) atoms. The summed E-state index contributed by atoms with van der Waals surface area (Å²) in [4.78, 5) is 27.3. The van der Waals surface area contributed by atoms with Crippen LogP contribution in [-0.4, -0.2) is 23.3 Å². The molecule has 3 rings (SSSR count). The van der Waals surface area contributed by atoms with Gasteiger partial charge in [0, 0.05) is 17.7 Å². The first-order chi connectivity index (χ1) is 12.7. The van der Waals surface area contributed by atoms with Crippen molar-refractivity contribution in [2.45, 2.75) is 38.7 Å². The van der Waals surface area contributed by atoms with Gasteiger partial charge in [-0.1, -0.05) is 68.5 Å². The van der Waals surface area contributed by atoms with Crippen molar-refractivity contribution in [1.82, 2.24) is 0 Å². The number of benzene rings is 2. The standard InChI is InChI=1S/C23H25NO3/c1-15(2)14-24-20-8-6-5-7-19(20)23(27,22(24)26)13-21(25)18-11-9-17(10-12-18)16(3)4/h5-12,16,27H,1,13-14H2,2-4H3/t23-/m1/s1. The average Bonchev–Trinajstić information content (AvgIpc) is 2.84. The van der Waals surface area contributed by atoms with Crippen molar-refractivity contribution in [2.75, 3.05) is 11.4 Å². The number of fused-ring (bicyclic) bond motifs is 1. The second-order valence-electron chi connectivity index (χ2n) is 7.60. The number of aliphatic hydroxyl groups is 1. The van der Waals surface area contributed by atoms with Crippen LogP contribution in [0.15, 0.2) is 60.7 Å². The van der Waals surface area contributed by atoms with Crippen LogP contribution in [0.3, 0.4) is 0 Å². The van der Waals surface area contributed by atoms with E-state index < -0.39 is 11.5 Å². The molecule has 0 saturated heterocycles. The second kappa shape index (κ2) is 7.12. The van der Waals surface area contributed by atoms with Gasteiger partial charge in [0.15, 0.2) is 11.4 Å². The summed E-state index contributed by atoms with van der Waals surface area (Å²) >= 11 is 0. The first-order valence-electron chi connectivity index (χ1n) is 9.15. The third-order valence-electron chi connectivity index (χ3n) is 4.98. The lowest BCUT2D eigenvalue weighted by Gasteiger charge is -2.23. The molecule has 0 unspecified atom stereocenters. The molecule has 0 bridgehead atoms. The number of amides is 1. The summed E-state index contributed by atoms with van der Waals surface area (Å²) in [7, 11) is 0. The lowest BCUT2D eigenvalue weighted by molar-refractivity contribution is -0.135. The summed E-state index contributed by atoms with van der Waals surface area (Å²) in [6, 6.07) is 14.4. The van der Waals surface area contributed by atoms with Crippen LogP contribution in [0, 0.1) is 0 Å². The molecule has 0 spiro atoms. The number of carbonyl (C=O) groups is 2. The molecule has 0 fully saturated rings. The Morgan fingerprint density at radius 2 is 1.78 bits per heavy atom. The number of ketones is 1. The molecule has 1 aliphatic heterocycles. The van der Waals surface area contributed by atoms with Crippen LogP contribution in [0.25, 0.3) is 0 Å². The third kappa shape index (κ3) is 3.45. The summed E-state index contributed by atoms with van der Waals surface area (Å²) in [5, 5.41) is 11.2. The van der Waals surface area contributed by atoms with Gasteiger partial charge >= 0.3 is 0 Å². The molecule has 4 nitrogen and oxygen atoms in total. The maximum absolute atomic E-state index is 13.0. The molecule has 1 heterocycles. The van der Waals surface area contributed by atoms with E-state index in [9.17, 15) is 14.7 Å². The highest BCUT2D eigenvalue weighted by atomic mass is 16.3. The normalized spacial score (nSPS) is 18.7. The Kier molecular flexibility index (Phi) is 5.03. The van der Waals surface area contributed by atoms with E-state index in [-0.39, 0.29) is 12.2 Å². The molecule has 0 aromatic heterocycles. The molecule has 1 amide bonds. The number of anilines is 1. The van der Waals surface area contributed by atoms with Crippen LogP contribution in [0.1, 0.15) is 54.6 Å². The molecule has 0 radical (unpaired) electrons. The highest BCUT2D eigenvalue weighted by Gasteiger charge is 2.50. The summed E-state index contributed by atoms with van der Waals surface area (Å²) in [5.41, 5.74) is 1.70. The quantitative estimate of drug-likeness (QED) is 0.618. The zero-order chi connectivity index (χ0) is 19.8. The topological polar surface area (TPSA) is 57.6 Å². The Morgan fingerprint density at radius 3 is 2.37 bits per heavy atom. The first-order valence-corrected chi connectivity index (χ1v) is 9.15. The van der Waals surface area contributed by atoms with Gasteiger partial charge in [0.2, 0.25) is 0 Å². The van der Waals surface area contributed by atoms with Gasteiger partial charge in [-0.25, -0.2) is 0 Å². The first kappa shape index (κ1) is 19.1. The average molecular weight is 363 g/mol. The van der Waals surface area contributed by atoms with E-state index in [0.717, 1.165) is 11.1 Å². The maximum atomic E-state index is 13.0. The number of rotatable bonds is 6. The molecule has 1 atom stereocenters. The number of hydrogen-bond acceptors (Lipinski definition) is 3. The molecule has 0 aliphatic carbocycles. The van der Waals surface area contributed by atoms with Gasteiger partial charge in [0.25, 0.3) is 5.91 Å². The van der Waals surface area contributed by atoms with Crippen molar-refractivity contribution in [3.8, 4) is 0 Å². The predicted octanol–water partition coefficient (Wildman–Crippen LogP) is 4.19. The predicted molar refractivity (Wildman–Crippen MR) is 107 cm³/mol. The van der Waals surface area contributed by atoms with E-state index >= 15 is 0 Å². The Bertz CT molecular complexity index is 898. The smallest absolute Gasteiger partial charge is 0.264 e. The summed E-state index contributed by atoms with van der Waals surface area (Å²) in [6.07, 6.45) is -0.281. The molecule has 1 N–H and O–H groups in total. The SMILES string of the molecule is C=C(C)CN1C(=O)[C@@](O)(CC(=O)c2ccc(C(C)C)cc2)c2ccccc21. The van der Waals surface area contributed by atoms with Gasteiger partial charge in [0.05, 0.1) is 12.1 Å². The maximum Gasteiger partial charge on any atom is 0.264 e. The van der Waals surface area contributed by atoms with Gasteiger partial charge in [-0.05, 0) is 24.5 Å². The summed E-state index contributed by atoms with van der Waals surface area (Å²) in [5.74, 6) is -0.357. The molecule has 4 heteroatoms. The van der Waals surface area contributed by atoms with E-state index in [1.807, 2.05) is 25.1 Å². The highest BCUT2D eigenvalue weighted by molar-refractivity contribution is 6.11. The van der Waals surface area contributed by atoms with E-state index in [0.29, 0.717) is 29.3 Å². The van der Waals surface area contributed by atoms with Crippen LogP contribution >= 0.6 is 0 Å². The van der Waals surface area contributed by atoms with Gasteiger partial charge in [-0.3, -0.25) is 9.59 Å². The minimum absolute atomic E-state index is 0.256. The Labute approximate surface area is 160 Å². The number of para-hydroxylation sites is 1. The largest absolute Gasteiger partial charge is 0.375 e. The zero-order valence-corrected chi connectivity index (χ0v) is 16.0. The van der Waals surface area contributed by atoms with Gasteiger partial charge < -0.3 is 10.0 Å². The van der Waals surface area contributed by atoms with E-state index in [4.69, 9.17) is 0 Å². The van der Waals surface area contributed by atoms with Crippen molar-refractivity contribution in [1.29, 1.82) is 0 Å². The monoisotopic (exact) mass is 363 g/mol.